The van der Waals surface area contributed by atoms with Gasteiger partial charge in [-0.25, -0.2) is 4.79 Å². The van der Waals surface area contributed by atoms with Crippen LogP contribution in [0.15, 0.2) is 77.9 Å². The van der Waals surface area contributed by atoms with Crippen molar-refractivity contribution in [1.29, 1.82) is 5.26 Å². The number of carbonyl (C=O) groups excluding carboxylic acids is 2. The minimum absolute atomic E-state index is 0.0591. The molecule has 2 aliphatic rings. The number of nitrogens with zero attached hydrogens (tertiary/aromatic N) is 4. The van der Waals surface area contributed by atoms with Crippen molar-refractivity contribution in [2.75, 3.05) is 19.6 Å². The number of aromatic nitrogens is 1. The van der Waals surface area contributed by atoms with Gasteiger partial charge in [0, 0.05) is 40.8 Å². The first kappa shape index (κ1) is 27.4. The molecule has 2 atom stereocenters. The Bertz CT molecular complexity index is 1740. The molecular weight excluding hydrogens is 552 g/mol. The van der Waals surface area contributed by atoms with E-state index in [2.05, 4.69) is 16.4 Å². The summed E-state index contributed by atoms with van der Waals surface area (Å²) in [6.45, 7) is 4.47. The van der Waals surface area contributed by atoms with Gasteiger partial charge >= 0.3 is 6.03 Å². The van der Waals surface area contributed by atoms with Gasteiger partial charge in [0.05, 0.1) is 29.3 Å². The van der Waals surface area contributed by atoms with E-state index < -0.39 is 12.1 Å². The van der Waals surface area contributed by atoms with Gasteiger partial charge in [0.2, 0.25) is 5.91 Å². The molecule has 3 aromatic carbocycles. The number of amides is 3. The Morgan fingerprint density at radius 1 is 1.14 bits per heavy atom. The lowest BCUT2D eigenvalue weighted by molar-refractivity contribution is -0.123. The van der Waals surface area contributed by atoms with E-state index in [0.717, 1.165) is 22.0 Å². The molecule has 3 amide bonds. The quantitative estimate of drug-likeness (QED) is 0.321. The van der Waals surface area contributed by atoms with Crippen molar-refractivity contribution in [2.45, 2.75) is 32.0 Å². The number of para-hydroxylation sites is 1. The second-order valence-electron chi connectivity index (χ2n) is 10.6. The molecule has 0 unspecified atom stereocenters. The Balaban J connectivity index is 1.58. The Morgan fingerprint density at radius 3 is 2.67 bits per heavy atom. The predicted molar refractivity (Wildman–Crippen MR) is 161 cm³/mol. The van der Waals surface area contributed by atoms with Crippen LogP contribution in [0.4, 0.5) is 4.79 Å². The summed E-state index contributed by atoms with van der Waals surface area (Å²) in [5.41, 5.74) is 3.73. The number of ether oxygens (including phenoxy) is 1. The van der Waals surface area contributed by atoms with Crippen LogP contribution in [-0.2, 0) is 4.79 Å². The average molecular weight is 581 g/mol. The van der Waals surface area contributed by atoms with Gasteiger partial charge in [-0.05, 0) is 55.8 Å². The highest BCUT2D eigenvalue weighted by Gasteiger charge is 2.45. The smallest absolute Gasteiger partial charge is 0.326 e. The number of halogens is 1. The monoisotopic (exact) mass is 580 g/mol. The molecule has 42 heavy (non-hydrogen) atoms. The first-order valence-corrected chi connectivity index (χ1v) is 14.2. The number of amidine groups is 1. The van der Waals surface area contributed by atoms with Crippen LogP contribution in [0.3, 0.4) is 0 Å². The molecule has 0 aliphatic carbocycles. The van der Waals surface area contributed by atoms with Crippen LogP contribution >= 0.6 is 11.6 Å². The van der Waals surface area contributed by atoms with E-state index in [1.165, 1.54) is 0 Å². The molecule has 1 fully saturated rings. The Hall–Kier alpha value is -4.81. The number of aliphatic imine (C=N–C) groups is 1. The van der Waals surface area contributed by atoms with Crippen LogP contribution in [0, 0.1) is 11.3 Å². The summed E-state index contributed by atoms with van der Waals surface area (Å²) in [7, 11) is 0. The zero-order chi connectivity index (χ0) is 29.4. The highest BCUT2D eigenvalue weighted by atomic mass is 35.5. The van der Waals surface area contributed by atoms with Crippen molar-refractivity contribution in [2.24, 2.45) is 4.99 Å². The van der Waals surface area contributed by atoms with Crippen molar-refractivity contribution < 1.29 is 14.3 Å². The van der Waals surface area contributed by atoms with Crippen molar-refractivity contribution in [3.63, 3.8) is 0 Å². The highest BCUT2D eigenvalue weighted by molar-refractivity contribution is 6.30. The van der Waals surface area contributed by atoms with Crippen molar-refractivity contribution in [3.8, 4) is 11.8 Å². The lowest BCUT2D eigenvalue weighted by Gasteiger charge is -2.35. The number of carbonyl (C=O) groups is 2. The fourth-order valence-corrected chi connectivity index (χ4v) is 5.72. The number of rotatable bonds is 5. The molecule has 9 nitrogen and oxygen atoms in total. The third kappa shape index (κ3) is 5.06. The van der Waals surface area contributed by atoms with Gasteiger partial charge < -0.3 is 19.9 Å². The number of fused-ring (bicyclic) bond motifs is 1. The summed E-state index contributed by atoms with van der Waals surface area (Å²) in [5.74, 6) is 0.637. The standard InChI is InChI=1S/C32H29ClN6O3/c1-19(2)42-27-15-20(16-34)7-12-24(27)31-37-29(25-17-36-26-6-4-3-5-23(25)26)30(21-8-10-22(33)11-9-21)39(31)32(41)38-14-13-35-28(40)18-38/h3-12,15,17,19,29-30,36H,13-14,18H2,1-2H3,(H,35,40)/t29-,30+/m0/s1. The summed E-state index contributed by atoms with van der Waals surface area (Å²) >= 11 is 6.28. The molecule has 212 valence electrons. The van der Waals surface area contributed by atoms with E-state index in [-0.39, 0.29) is 24.6 Å². The van der Waals surface area contributed by atoms with E-state index in [0.29, 0.717) is 40.8 Å². The summed E-state index contributed by atoms with van der Waals surface area (Å²) in [6, 6.07) is 21.3. The van der Waals surface area contributed by atoms with Gasteiger partial charge in [-0.2, -0.15) is 5.26 Å². The fraction of sp³-hybridized carbons (Fsp3) is 0.250. The van der Waals surface area contributed by atoms with Gasteiger partial charge in [0.15, 0.2) is 0 Å². The Morgan fingerprint density at radius 2 is 1.93 bits per heavy atom. The molecule has 10 heteroatoms. The van der Waals surface area contributed by atoms with Crippen LogP contribution in [0.2, 0.25) is 5.02 Å². The van der Waals surface area contributed by atoms with Crippen molar-refractivity contribution >= 4 is 40.3 Å². The number of H-pyrrole nitrogens is 1. The SMILES string of the molecule is CC(C)Oc1cc(C#N)ccc1C1=N[C@@H](c2c[nH]c3ccccc23)[C@@H](c2ccc(Cl)cc2)N1C(=O)N1CCNC(=O)C1. The van der Waals surface area contributed by atoms with Gasteiger partial charge in [0.1, 0.15) is 24.2 Å². The van der Waals surface area contributed by atoms with Crippen molar-refractivity contribution in [1.82, 2.24) is 20.1 Å². The van der Waals surface area contributed by atoms with Crippen LogP contribution in [0.25, 0.3) is 10.9 Å². The molecule has 0 radical (unpaired) electrons. The minimum atomic E-state index is -0.559. The Kier molecular flexibility index (Phi) is 7.31. The molecule has 3 heterocycles. The lowest BCUT2D eigenvalue weighted by atomic mass is 9.93. The number of piperazine rings is 1. The number of nitriles is 1. The summed E-state index contributed by atoms with van der Waals surface area (Å²) in [5, 5.41) is 14.0. The largest absolute Gasteiger partial charge is 0.490 e. The number of benzene rings is 3. The maximum absolute atomic E-state index is 14.5. The molecule has 2 N–H and O–H groups in total. The molecule has 4 aromatic rings. The maximum Gasteiger partial charge on any atom is 0.326 e. The molecule has 0 spiro atoms. The summed E-state index contributed by atoms with van der Waals surface area (Å²) in [6.07, 6.45) is 1.75. The molecule has 6 rings (SSSR count). The van der Waals surface area contributed by atoms with Gasteiger partial charge in [-0.15, -0.1) is 0 Å². The molecule has 0 bridgehead atoms. The number of urea groups is 1. The molecular formula is C32H29ClN6O3. The highest BCUT2D eigenvalue weighted by Crippen LogP contribution is 2.47. The number of hydrogen-bond acceptors (Lipinski definition) is 5. The van der Waals surface area contributed by atoms with E-state index in [1.807, 2.05) is 56.4 Å². The van der Waals surface area contributed by atoms with Gasteiger partial charge in [0.25, 0.3) is 0 Å². The number of aromatic amines is 1. The van der Waals surface area contributed by atoms with E-state index in [1.54, 1.807) is 40.1 Å². The number of nitrogens with one attached hydrogen (secondary N) is 2. The first-order valence-electron chi connectivity index (χ1n) is 13.8. The van der Waals surface area contributed by atoms with E-state index in [9.17, 15) is 14.9 Å². The van der Waals surface area contributed by atoms with Crippen molar-refractivity contribution in [3.05, 3.63) is 100 Å². The minimum Gasteiger partial charge on any atom is -0.490 e. The van der Waals surface area contributed by atoms with E-state index >= 15 is 0 Å². The average Bonchev–Trinajstić information content (AvgIpc) is 3.59. The third-order valence-corrected chi connectivity index (χ3v) is 7.70. The zero-order valence-electron chi connectivity index (χ0n) is 23.2. The lowest BCUT2D eigenvalue weighted by Crippen LogP contribution is -2.55. The maximum atomic E-state index is 14.5. The molecule has 1 saturated heterocycles. The van der Waals surface area contributed by atoms with Crippen LogP contribution < -0.4 is 10.1 Å². The van der Waals surface area contributed by atoms with Crippen LogP contribution in [-0.4, -0.2) is 58.3 Å². The Labute approximate surface area is 248 Å². The van der Waals surface area contributed by atoms with Gasteiger partial charge in [-0.1, -0.05) is 41.9 Å². The predicted octanol–water partition coefficient (Wildman–Crippen LogP) is 5.58. The van der Waals surface area contributed by atoms with Crippen LogP contribution in [0.1, 0.15) is 48.2 Å². The second-order valence-corrected chi connectivity index (χ2v) is 11.0. The van der Waals surface area contributed by atoms with E-state index in [4.69, 9.17) is 21.3 Å². The number of hydrogen-bond donors (Lipinski definition) is 2. The summed E-state index contributed by atoms with van der Waals surface area (Å²) in [4.78, 5) is 38.6. The molecule has 2 aliphatic heterocycles. The second kappa shape index (κ2) is 11.2. The zero-order valence-corrected chi connectivity index (χ0v) is 23.9. The van der Waals surface area contributed by atoms with Gasteiger partial charge in [-0.3, -0.25) is 14.7 Å². The molecule has 1 aromatic heterocycles. The fourth-order valence-electron chi connectivity index (χ4n) is 5.60. The normalized spacial score (nSPS) is 18.6. The third-order valence-electron chi connectivity index (χ3n) is 7.45. The summed E-state index contributed by atoms with van der Waals surface area (Å²) < 4.78 is 6.17. The van der Waals surface area contributed by atoms with Crippen LogP contribution in [0.5, 0.6) is 5.75 Å². The topological polar surface area (TPSA) is 114 Å². The molecule has 0 saturated carbocycles. The first-order chi connectivity index (χ1) is 20.3.